The average molecular weight is 257 g/mol. The van der Waals surface area contributed by atoms with E-state index in [4.69, 9.17) is 5.73 Å². The van der Waals surface area contributed by atoms with Gasteiger partial charge in [0.1, 0.15) is 0 Å². The fourth-order valence-corrected chi connectivity index (χ4v) is 1.77. The third kappa shape index (κ3) is 1.81. The lowest BCUT2D eigenvalue weighted by atomic mass is 10.2. The zero-order valence-electron chi connectivity index (χ0n) is 9.62. The molecule has 3 rings (SSSR count). The molecule has 3 aromatic heterocycles. The second kappa shape index (κ2) is 4.13. The number of nitrogens with zero attached hydrogens (tertiary/aromatic N) is 4. The van der Waals surface area contributed by atoms with E-state index in [2.05, 4.69) is 15.1 Å². The lowest BCUT2D eigenvalue weighted by Gasteiger charge is -1.95. The minimum absolute atomic E-state index is 0.152. The van der Waals surface area contributed by atoms with Crippen LogP contribution in [0.25, 0.3) is 17.0 Å². The van der Waals surface area contributed by atoms with E-state index in [-0.39, 0.29) is 22.6 Å². The summed E-state index contributed by atoms with van der Waals surface area (Å²) >= 11 is 0. The van der Waals surface area contributed by atoms with Crippen molar-refractivity contribution in [3.05, 3.63) is 48.2 Å². The molecular formula is C12H8FN5O. The number of carbonyl (C=O) groups is 1. The number of fused-ring (bicyclic) bond motifs is 1. The molecule has 0 aliphatic rings. The molecule has 0 aliphatic heterocycles. The van der Waals surface area contributed by atoms with Gasteiger partial charge in [-0.2, -0.15) is 4.39 Å². The highest BCUT2D eigenvalue weighted by molar-refractivity contribution is 5.98. The summed E-state index contributed by atoms with van der Waals surface area (Å²) in [5.41, 5.74) is 5.93. The van der Waals surface area contributed by atoms with Gasteiger partial charge in [-0.1, -0.05) is 0 Å². The monoisotopic (exact) mass is 257 g/mol. The second-order valence-electron chi connectivity index (χ2n) is 3.83. The number of hydrogen-bond acceptors (Lipinski definition) is 4. The van der Waals surface area contributed by atoms with Gasteiger partial charge >= 0.3 is 0 Å². The highest BCUT2D eigenvalue weighted by Crippen LogP contribution is 2.19. The molecule has 19 heavy (non-hydrogen) atoms. The zero-order chi connectivity index (χ0) is 13.4. The number of nitrogens with two attached hydrogens (primary N) is 1. The number of primary amides is 1. The van der Waals surface area contributed by atoms with Gasteiger partial charge in [0.25, 0.3) is 5.91 Å². The van der Waals surface area contributed by atoms with Crippen molar-refractivity contribution in [3.63, 3.8) is 0 Å². The molecule has 3 heterocycles. The van der Waals surface area contributed by atoms with Crippen molar-refractivity contribution in [1.29, 1.82) is 0 Å². The topological polar surface area (TPSA) is 86.2 Å². The Labute approximate surface area is 106 Å². The van der Waals surface area contributed by atoms with Gasteiger partial charge in [-0.05, 0) is 24.3 Å². The van der Waals surface area contributed by atoms with Crippen molar-refractivity contribution in [2.45, 2.75) is 0 Å². The fraction of sp³-hybridized carbons (Fsp3) is 0. The molecule has 0 saturated carbocycles. The highest BCUT2D eigenvalue weighted by Gasteiger charge is 2.15. The number of rotatable bonds is 2. The van der Waals surface area contributed by atoms with Crippen LogP contribution in [0.4, 0.5) is 4.39 Å². The summed E-state index contributed by atoms with van der Waals surface area (Å²) in [6, 6.07) is 6.25. The van der Waals surface area contributed by atoms with Crippen LogP contribution in [0, 0.1) is 5.95 Å². The van der Waals surface area contributed by atoms with Gasteiger partial charge in [-0.15, -0.1) is 5.10 Å². The first-order valence-electron chi connectivity index (χ1n) is 5.43. The van der Waals surface area contributed by atoms with Crippen molar-refractivity contribution in [3.8, 4) is 11.4 Å². The van der Waals surface area contributed by atoms with E-state index in [1.165, 1.54) is 22.8 Å². The first-order valence-corrected chi connectivity index (χ1v) is 5.43. The van der Waals surface area contributed by atoms with Crippen LogP contribution in [-0.4, -0.2) is 25.5 Å². The minimum Gasteiger partial charge on any atom is -0.365 e. The third-order valence-corrected chi connectivity index (χ3v) is 2.63. The van der Waals surface area contributed by atoms with Crippen molar-refractivity contribution in [2.75, 3.05) is 0 Å². The third-order valence-electron chi connectivity index (χ3n) is 2.63. The Morgan fingerprint density at radius 1 is 1.32 bits per heavy atom. The number of amides is 1. The average Bonchev–Trinajstić information content (AvgIpc) is 2.82. The van der Waals surface area contributed by atoms with Crippen LogP contribution in [0.1, 0.15) is 10.4 Å². The summed E-state index contributed by atoms with van der Waals surface area (Å²) in [7, 11) is 0. The van der Waals surface area contributed by atoms with Gasteiger partial charge in [-0.3, -0.25) is 4.79 Å². The lowest BCUT2D eigenvalue weighted by molar-refractivity contribution is 0.100. The van der Waals surface area contributed by atoms with E-state index in [1.54, 1.807) is 18.3 Å². The van der Waals surface area contributed by atoms with Crippen LogP contribution >= 0.6 is 0 Å². The molecule has 94 valence electrons. The SMILES string of the molecule is NC(=O)c1cccn2nc(-c3cccnc3F)nc12. The molecule has 3 aromatic rings. The molecule has 6 nitrogen and oxygen atoms in total. The molecule has 7 heteroatoms. The standard InChI is InChI=1S/C12H8FN5O/c13-9-7(3-1-5-15-9)11-16-12-8(10(14)19)4-2-6-18(12)17-11/h1-6H,(H2,14,19). The Bertz CT molecular complexity index is 783. The molecule has 0 radical (unpaired) electrons. The number of hydrogen-bond donors (Lipinski definition) is 1. The molecule has 0 fully saturated rings. The van der Waals surface area contributed by atoms with Crippen LogP contribution < -0.4 is 5.73 Å². The molecule has 1 amide bonds. The fourth-order valence-electron chi connectivity index (χ4n) is 1.77. The first kappa shape index (κ1) is 11.3. The second-order valence-corrected chi connectivity index (χ2v) is 3.83. The molecular weight excluding hydrogens is 249 g/mol. The van der Waals surface area contributed by atoms with E-state index >= 15 is 0 Å². The van der Waals surface area contributed by atoms with E-state index < -0.39 is 11.9 Å². The Kier molecular flexibility index (Phi) is 2.45. The van der Waals surface area contributed by atoms with Crippen molar-refractivity contribution in [2.24, 2.45) is 5.73 Å². The normalized spacial score (nSPS) is 10.8. The summed E-state index contributed by atoms with van der Waals surface area (Å²) in [5.74, 6) is -1.13. The molecule has 0 bridgehead atoms. The van der Waals surface area contributed by atoms with Gasteiger partial charge in [0.05, 0.1) is 11.1 Å². The lowest BCUT2D eigenvalue weighted by Crippen LogP contribution is -2.12. The van der Waals surface area contributed by atoms with Crippen LogP contribution in [0.15, 0.2) is 36.7 Å². The summed E-state index contributed by atoms with van der Waals surface area (Å²) in [6.45, 7) is 0. The highest BCUT2D eigenvalue weighted by atomic mass is 19.1. The maximum absolute atomic E-state index is 13.6. The summed E-state index contributed by atoms with van der Waals surface area (Å²) in [6.07, 6.45) is 2.94. The predicted molar refractivity (Wildman–Crippen MR) is 64.7 cm³/mol. The molecule has 0 aromatic carbocycles. The van der Waals surface area contributed by atoms with Crippen LogP contribution in [0.2, 0.25) is 0 Å². The molecule has 2 N–H and O–H groups in total. The molecule has 0 unspecified atom stereocenters. The number of halogens is 1. The van der Waals surface area contributed by atoms with Crippen LogP contribution in [0.3, 0.4) is 0 Å². The maximum atomic E-state index is 13.6. The summed E-state index contributed by atoms with van der Waals surface area (Å²) < 4.78 is 14.9. The predicted octanol–water partition coefficient (Wildman–Crippen LogP) is 1.03. The Morgan fingerprint density at radius 2 is 2.16 bits per heavy atom. The Balaban J connectivity index is 2.26. The molecule has 0 saturated heterocycles. The Morgan fingerprint density at radius 3 is 2.89 bits per heavy atom. The number of aromatic nitrogens is 4. The summed E-state index contributed by atoms with van der Waals surface area (Å²) in [4.78, 5) is 19.0. The van der Waals surface area contributed by atoms with Crippen molar-refractivity contribution in [1.82, 2.24) is 19.6 Å². The number of pyridine rings is 2. The number of carbonyl (C=O) groups excluding carboxylic acids is 1. The molecule has 0 aliphatic carbocycles. The molecule has 0 spiro atoms. The van der Waals surface area contributed by atoms with Crippen LogP contribution in [-0.2, 0) is 0 Å². The first-order chi connectivity index (χ1) is 9.16. The largest absolute Gasteiger partial charge is 0.365 e. The smallest absolute Gasteiger partial charge is 0.252 e. The van der Waals surface area contributed by atoms with Gasteiger partial charge in [0.15, 0.2) is 11.5 Å². The van der Waals surface area contributed by atoms with E-state index in [9.17, 15) is 9.18 Å². The minimum atomic E-state index is -0.668. The van der Waals surface area contributed by atoms with Gasteiger partial charge in [0.2, 0.25) is 5.95 Å². The van der Waals surface area contributed by atoms with Crippen molar-refractivity contribution < 1.29 is 9.18 Å². The molecule has 0 atom stereocenters. The van der Waals surface area contributed by atoms with Gasteiger partial charge in [-0.25, -0.2) is 14.5 Å². The maximum Gasteiger partial charge on any atom is 0.252 e. The zero-order valence-corrected chi connectivity index (χ0v) is 9.62. The van der Waals surface area contributed by atoms with Gasteiger partial charge in [0, 0.05) is 12.4 Å². The van der Waals surface area contributed by atoms with E-state index in [1.807, 2.05) is 0 Å². The van der Waals surface area contributed by atoms with Crippen molar-refractivity contribution >= 4 is 11.6 Å². The van der Waals surface area contributed by atoms with E-state index in [0.717, 1.165) is 0 Å². The summed E-state index contributed by atoms with van der Waals surface area (Å²) in [5, 5.41) is 4.10. The van der Waals surface area contributed by atoms with Gasteiger partial charge < -0.3 is 5.73 Å². The quantitative estimate of drug-likeness (QED) is 0.695. The Hall–Kier alpha value is -2.83. The van der Waals surface area contributed by atoms with E-state index in [0.29, 0.717) is 0 Å². The van der Waals surface area contributed by atoms with Crippen LogP contribution in [0.5, 0.6) is 0 Å².